The lowest BCUT2D eigenvalue weighted by Gasteiger charge is -2.28. The Bertz CT molecular complexity index is 833. The van der Waals surface area contributed by atoms with E-state index < -0.39 is 30.6 Å². The number of halogens is 5. The molecule has 0 amide bonds. The zero-order valence-electron chi connectivity index (χ0n) is 18.5. The number of hydrogen-bond acceptors (Lipinski definition) is 6. The first-order valence-electron chi connectivity index (χ1n) is 11.8. The van der Waals surface area contributed by atoms with E-state index in [2.05, 4.69) is 20.4 Å². The van der Waals surface area contributed by atoms with E-state index in [0.717, 1.165) is 64.6 Å². The summed E-state index contributed by atoms with van der Waals surface area (Å²) in [5.74, 6) is -1.77. The molecule has 11 heteroatoms. The molecule has 0 aromatic carbocycles. The fourth-order valence-electron chi connectivity index (χ4n) is 5.94. The van der Waals surface area contributed by atoms with Crippen LogP contribution in [-0.4, -0.2) is 73.0 Å². The monoisotopic (exact) mass is 475 g/mol. The summed E-state index contributed by atoms with van der Waals surface area (Å²) < 4.78 is 73.7. The first kappa shape index (κ1) is 23.0. The minimum atomic E-state index is -4.65. The molecule has 1 saturated carbocycles. The van der Waals surface area contributed by atoms with Crippen molar-refractivity contribution < 1.29 is 26.7 Å². The molecule has 2 unspecified atom stereocenters. The second-order valence-corrected chi connectivity index (χ2v) is 10.1. The number of aromatic nitrogens is 2. The van der Waals surface area contributed by atoms with E-state index in [4.69, 9.17) is 4.74 Å². The van der Waals surface area contributed by atoms with Crippen LogP contribution in [0.15, 0.2) is 6.07 Å². The Morgan fingerprint density at radius 1 is 1.09 bits per heavy atom. The molecule has 1 aliphatic carbocycles. The van der Waals surface area contributed by atoms with Gasteiger partial charge in [-0.15, -0.1) is 10.2 Å². The summed E-state index contributed by atoms with van der Waals surface area (Å²) in [6.07, 6.45) is -1.25. The van der Waals surface area contributed by atoms with Crippen molar-refractivity contribution in [3.63, 3.8) is 0 Å². The van der Waals surface area contributed by atoms with E-state index in [9.17, 15) is 22.0 Å². The molecule has 0 spiro atoms. The largest absolute Gasteiger partial charge is 0.420 e. The number of alkyl halides is 5. The third-order valence-corrected chi connectivity index (χ3v) is 7.60. The Balaban J connectivity index is 1.21. The highest BCUT2D eigenvalue weighted by Gasteiger charge is 2.44. The summed E-state index contributed by atoms with van der Waals surface area (Å²) in [6, 6.07) is 0.755. The van der Waals surface area contributed by atoms with Crippen molar-refractivity contribution in [3.8, 4) is 0 Å². The molecule has 2 atom stereocenters. The summed E-state index contributed by atoms with van der Waals surface area (Å²) >= 11 is 0. The van der Waals surface area contributed by atoms with Gasteiger partial charge < -0.3 is 19.9 Å². The van der Waals surface area contributed by atoms with Crippen LogP contribution in [-0.2, 0) is 10.9 Å². The summed E-state index contributed by atoms with van der Waals surface area (Å²) in [4.78, 5) is 3.67. The Morgan fingerprint density at radius 3 is 2.39 bits per heavy atom. The highest BCUT2D eigenvalue weighted by atomic mass is 19.4. The molecule has 6 nitrogen and oxygen atoms in total. The van der Waals surface area contributed by atoms with Gasteiger partial charge in [0.2, 0.25) is 0 Å². The normalized spacial score (nSPS) is 30.7. The number of nitrogens with one attached hydrogen (secondary N) is 1. The van der Waals surface area contributed by atoms with Crippen molar-refractivity contribution in [3.05, 3.63) is 11.6 Å². The standard InChI is InChI=1S/C22H30F5N5O/c23-21(24)3-4-32(13-21)19-9-18(22(25,26)27)20(30-29-19)28-17-7-15-11-31(12-16(15)8-17)10-14-1-5-33-6-2-14/h9,14-17H,1-8,10-13H2,(H,28,30). The predicted molar refractivity (Wildman–Crippen MR) is 112 cm³/mol. The first-order chi connectivity index (χ1) is 15.7. The lowest BCUT2D eigenvalue weighted by atomic mass is 10.00. The average molecular weight is 476 g/mol. The third-order valence-electron chi connectivity index (χ3n) is 7.60. The third kappa shape index (κ3) is 5.18. The average Bonchev–Trinajstić information content (AvgIpc) is 3.41. The highest BCUT2D eigenvalue weighted by molar-refractivity contribution is 5.53. The molecule has 4 fully saturated rings. The van der Waals surface area contributed by atoms with Gasteiger partial charge in [0, 0.05) is 51.9 Å². The van der Waals surface area contributed by atoms with E-state index in [1.165, 1.54) is 4.90 Å². The quantitative estimate of drug-likeness (QED) is 0.653. The van der Waals surface area contributed by atoms with Crippen LogP contribution in [0.3, 0.4) is 0 Å². The maximum Gasteiger partial charge on any atom is 0.420 e. The molecule has 4 aliphatic rings. The summed E-state index contributed by atoms with van der Waals surface area (Å²) in [6.45, 7) is 4.04. The second-order valence-electron chi connectivity index (χ2n) is 10.1. The number of anilines is 2. The Kier molecular flexibility index (Phi) is 6.13. The maximum absolute atomic E-state index is 13.8. The van der Waals surface area contributed by atoms with Crippen molar-refractivity contribution in [2.24, 2.45) is 17.8 Å². The Hall–Kier alpha value is -1.75. The van der Waals surface area contributed by atoms with Crippen molar-refractivity contribution >= 4 is 11.6 Å². The number of hydrogen-bond donors (Lipinski definition) is 1. The van der Waals surface area contributed by atoms with Crippen LogP contribution in [0.2, 0.25) is 0 Å². The van der Waals surface area contributed by atoms with E-state index in [-0.39, 0.29) is 24.2 Å². The lowest BCUT2D eigenvalue weighted by Crippen LogP contribution is -2.32. The van der Waals surface area contributed by atoms with Gasteiger partial charge in [0.1, 0.15) is 5.56 Å². The molecule has 33 heavy (non-hydrogen) atoms. The number of ether oxygens (including phenoxy) is 1. The number of likely N-dealkylation sites (tertiary alicyclic amines) is 1. The van der Waals surface area contributed by atoms with Gasteiger partial charge in [0.15, 0.2) is 11.6 Å². The molecule has 1 aromatic heterocycles. The van der Waals surface area contributed by atoms with Crippen molar-refractivity contribution in [2.45, 2.75) is 50.2 Å². The molecule has 0 bridgehead atoms. The predicted octanol–water partition coefficient (Wildman–Crippen LogP) is 3.89. The Morgan fingerprint density at radius 2 is 1.79 bits per heavy atom. The number of nitrogens with zero attached hydrogens (tertiary/aromatic N) is 4. The van der Waals surface area contributed by atoms with Gasteiger partial charge in [0.25, 0.3) is 5.92 Å². The molecule has 1 aromatic rings. The van der Waals surface area contributed by atoms with Gasteiger partial charge in [-0.1, -0.05) is 0 Å². The van der Waals surface area contributed by atoms with Crippen LogP contribution < -0.4 is 10.2 Å². The molecule has 184 valence electrons. The molecule has 1 N–H and O–H groups in total. The smallest absolute Gasteiger partial charge is 0.381 e. The SMILES string of the molecule is FC1(F)CCN(c2cc(C(F)(F)F)c(NC3CC4CN(CC5CCOCC5)CC4C3)nn2)C1. The van der Waals surface area contributed by atoms with Crippen LogP contribution in [0.25, 0.3) is 0 Å². The summed E-state index contributed by atoms with van der Waals surface area (Å²) in [7, 11) is 0. The molecule has 3 saturated heterocycles. The number of rotatable bonds is 5. The van der Waals surface area contributed by atoms with E-state index in [1.807, 2.05) is 0 Å². The highest BCUT2D eigenvalue weighted by Crippen LogP contribution is 2.42. The van der Waals surface area contributed by atoms with E-state index in [1.54, 1.807) is 0 Å². The van der Waals surface area contributed by atoms with Gasteiger partial charge in [-0.3, -0.25) is 0 Å². The van der Waals surface area contributed by atoms with Crippen molar-refractivity contribution in [2.75, 3.05) is 56.2 Å². The van der Waals surface area contributed by atoms with Crippen LogP contribution >= 0.6 is 0 Å². The maximum atomic E-state index is 13.8. The van der Waals surface area contributed by atoms with Crippen LogP contribution in [0.1, 0.15) is 37.7 Å². The molecule has 3 aliphatic heterocycles. The fourth-order valence-corrected chi connectivity index (χ4v) is 5.94. The minimum Gasteiger partial charge on any atom is -0.381 e. The van der Waals surface area contributed by atoms with Crippen LogP contribution in [0.4, 0.5) is 33.6 Å². The minimum absolute atomic E-state index is 0.0396. The van der Waals surface area contributed by atoms with Crippen LogP contribution in [0.5, 0.6) is 0 Å². The number of fused-ring (bicyclic) bond motifs is 1. The molecular weight excluding hydrogens is 445 g/mol. The van der Waals surface area contributed by atoms with E-state index in [0.29, 0.717) is 17.8 Å². The lowest BCUT2D eigenvalue weighted by molar-refractivity contribution is -0.137. The molecular formula is C22H30F5N5O. The summed E-state index contributed by atoms with van der Waals surface area (Å²) in [5, 5.41) is 10.6. The van der Waals surface area contributed by atoms with E-state index >= 15 is 0 Å². The fraction of sp³-hybridized carbons (Fsp3) is 0.818. The molecule has 5 rings (SSSR count). The van der Waals surface area contributed by atoms with Gasteiger partial charge in [0.05, 0.1) is 6.54 Å². The molecule has 4 heterocycles. The Labute approximate surface area is 189 Å². The zero-order valence-corrected chi connectivity index (χ0v) is 18.5. The topological polar surface area (TPSA) is 53.5 Å². The first-order valence-corrected chi connectivity index (χ1v) is 11.8. The van der Waals surface area contributed by atoms with Gasteiger partial charge in [-0.2, -0.15) is 13.2 Å². The molecule has 0 radical (unpaired) electrons. The van der Waals surface area contributed by atoms with Crippen LogP contribution in [0, 0.1) is 17.8 Å². The van der Waals surface area contributed by atoms with Gasteiger partial charge >= 0.3 is 6.18 Å². The second kappa shape index (κ2) is 8.79. The zero-order chi connectivity index (χ0) is 23.2. The van der Waals surface area contributed by atoms with Gasteiger partial charge in [-0.05, 0) is 49.5 Å². The summed E-state index contributed by atoms with van der Waals surface area (Å²) in [5.41, 5.74) is -0.944. The van der Waals surface area contributed by atoms with Gasteiger partial charge in [-0.25, -0.2) is 8.78 Å². The van der Waals surface area contributed by atoms with Crippen molar-refractivity contribution in [1.29, 1.82) is 0 Å². The van der Waals surface area contributed by atoms with Crippen molar-refractivity contribution in [1.82, 2.24) is 15.1 Å².